The van der Waals surface area contributed by atoms with E-state index in [1.165, 1.54) is 0 Å². The summed E-state index contributed by atoms with van der Waals surface area (Å²) in [7, 11) is 0. The highest BCUT2D eigenvalue weighted by atomic mass is 16.4. The Morgan fingerprint density at radius 2 is 1.57 bits per heavy atom. The van der Waals surface area contributed by atoms with Crippen molar-refractivity contribution in [1.29, 1.82) is 0 Å². The highest BCUT2D eigenvalue weighted by Gasteiger charge is 2.20. The first-order chi connectivity index (χ1) is 9.70. The first-order valence-electron chi connectivity index (χ1n) is 6.88. The van der Waals surface area contributed by atoms with Crippen LogP contribution >= 0.6 is 0 Å². The zero-order chi connectivity index (χ0) is 15.8. The number of benzene rings is 2. The quantitative estimate of drug-likeness (QED) is 0.861. The van der Waals surface area contributed by atoms with Gasteiger partial charge in [-0.2, -0.15) is 0 Å². The van der Waals surface area contributed by atoms with Gasteiger partial charge in [0.2, 0.25) is 0 Å². The number of aryl methyl sites for hydroxylation is 1. The van der Waals surface area contributed by atoms with Gasteiger partial charge in [0.25, 0.3) is 0 Å². The van der Waals surface area contributed by atoms with Crippen LogP contribution in [-0.2, 0) is 5.41 Å². The molecule has 0 unspecified atom stereocenters. The van der Waals surface area contributed by atoms with Crippen LogP contribution in [0.1, 0.15) is 42.3 Å². The van der Waals surface area contributed by atoms with Gasteiger partial charge >= 0.3 is 5.97 Å². The molecule has 0 aliphatic carbocycles. The van der Waals surface area contributed by atoms with Crippen LogP contribution < -0.4 is 0 Å². The number of phenolic OH excluding ortho intramolecular Hbond substituents is 1. The molecule has 110 valence electrons. The topological polar surface area (TPSA) is 57.5 Å². The summed E-state index contributed by atoms with van der Waals surface area (Å²) in [6.45, 7) is 8.04. The van der Waals surface area contributed by atoms with E-state index < -0.39 is 5.97 Å². The van der Waals surface area contributed by atoms with Crippen LogP contribution in [0.2, 0.25) is 0 Å². The minimum Gasteiger partial charge on any atom is -0.507 e. The molecular weight excluding hydrogens is 264 g/mol. The highest BCUT2D eigenvalue weighted by molar-refractivity contribution is 5.88. The van der Waals surface area contributed by atoms with Gasteiger partial charge in [0.1, 0.15) is 5.75 Å². The number of carboxylic acid groups (broad SMARTS) is 1. The Kier molecular flexibility index (Phi) is 3.77. The second kappa shape index (κ2) is 5.24. The molecule has 0 saturated heterocycles. The molecule has 2 rings (SSSR count). The van der Waals surface area contributed by atoms with Gasteiger partial charge in [0, 0.05) is 5.56 Å². The lowest BCUT2D eigenvalue weighted by molar-refractivity contribution is 0.0697. The SMILES string of the molecule is Cc1cc(-c2ccc(C(=O)O)cc2)cc(C(C)(C)C)c1O. The van der Waals surface area contributed by atoms with Crippen LogP contribution in [0.15, 0.2) is 36.4 Å². The molecule has 2 aromatic rings. The van der Waals surface area contributed by atoms with Gasteiger partial charge in [0.05, 0.1) is 5.56 Å². The van der Waals surface area contributed by atoms with Gasteiger partial charge in [0.15, 0.2) is 0 Å². The minimum atomic E-state index is -0.932. The fraction of sp³-hybridized carbons (Fsp3) is 0.278. The van der Waals surface area contributed by atoms with E-state index in [1.54, 1.807) is 24.3 Å². The molecule has 0 heterocycles. The summed E-state index contributed by atoms with van der Waals surface area (Å²) in [5, 5.41) is 19.2. The molecule has 3 nitrogen and oxygen atoms in total. The zero-order valence-electron chi connectivity index (χ0n) is 12.8. The maximum absolute atomic E-state index is 10.9. The Bertz CT molecular complexity index is 677. The number of carbonyl (C=O) groups is 1. The molecule has 0 spiro atoms. The normalized spacial score (nSPS) is 11.4. The average molecular weight is 284 g/mol. The molecule has 0 saturated carbocycles. The van der Waals surface area contributed by atoms with Crippen LogP contribution in [-0.4, -0.2) is 16.2 Å². The Labute approximate surface area is 124 Å². The van der Waals surface area contributed by atoms with Gasteiger partial charge in [-0.05, 0) is 53.3 Å². The largest absolute Gasteiger partial charge is 0.507 e. The van der Waals surface area contributed by atoms with Crippen LogP contribution in [0.4, 0.5) is 0 Å². The number of hydrogen-bond acceptors (Lipinski definition) is 2. The third kappa shape index (κ3) is 3.07. The maximum atomic E-state index is 10.9. The molecule has 0 atom stereocenters. The molecule has 0 bridgehead atoms. The molecule has 21 heavy (non-hydrogen) atoms. The molecule has 2 aromatic carbocycles. The lowest BCUT2D eigenvalue weighted by Crippen LogP contribution is -2.12. The van der Waals surface area contributed by atoms with Crippen molar-refractivity contribution in [3.63, 3.8) is 0 Å². The second-order valence-electron chi connectivity index (χ2n) is 6.32. The first-order valence-corrected chi connectivity index (χ1v) is 6.88. The van der Waals surface area contributed by atoms with E-state index in [0.29, 0.717) is 5.75 Å². The van der Waals surface area contributed by atoms with E-state index in [-0.39, 0.29) is 11.0 Å². The van der Waals surface area contributed by atoms with Crippen LogP contribution in [0.3, 0.4) is 0 Å². The fourth-order valence-electron chi connectivity index (χ4n) is 2.32. The summed E-state index contributed by atoms with van der Waals surface area (Å²) in [6.07, 6.45) is 0. The van der Waals surface area contributed by atoms with Gasteiger partial charge in [-0.25, -0.2) is 4.79 Å². The van der Waals surface area contributed by atoms with E-state index in [1.807, 2.05) is 19.1 Å². The summed E-state index contributed by atoms with van der Waals surface area (Å²) in [4.78, 5) is 10.9. The highest BCUT2D eigenvalue weighted by Crippen LogP contribution is 2.36. The molecule has 0 fully saturated rings. The first kappa shape index (κ1) is 15.1. The van der Waals surface area contributed by atoms with Crippen molar-refractivity contribution in [3.8, 4) is 16.9 Å². The van der Waals surface area contributed by atoms with E-state index in [4.69, 9.17) is 5.11 Å². The minimum absolute atomic E-state index is 0.161. The van der Waals surface area contributed by atoms with Crippen LogP contribution in [0.25, 0.3) is 11.1 Å². The summed E-state index contributed by atoms with van der Waals surface area (Å²) in [5.74, 6) is -0.604. The Morgan fingerprint density at radius 3 is 2.05 bits per heavy atom. The predicted molar refractivity (Wildman–Crippen MR) is 83.9 cm³/mol. The van der Waals surface area contributed by atoms with E-state index >= 15 is 0 Å². The standard InChI is InChI=1S/C18H20O3/c1-11-9-14(10-15(16(11)19)18(2,3)4)12-5-7-13(8-6-12)17(20)21/h5-10,19H,1-4H3,(H,20,21). The second-order valence-corrected chi connectivity index (χ2v) is 6.32. The molecule has 3 heteroatoms. The molecule has 2 N–H and O–H groups in total. The van der Waals surface area contributed by atoms with E-state index in [9.17, 15) is 9.90 Å². The van der Waals surface area contributed by atoms with Crippen molar-refractivity contribution in [2.45, 2.75) is 33.1 Å². The van der Waals surface area contributed by atoms with Gasteiger partial charge in [-0.15, -0.1) is 0 Å². The molecule has 0 radical (unpaired) electrons. The Hall–Kier alpha value is -2.29. The van der Waals surface area contributed by atoms with Crippen molar-refractivity contribution in [2.75, 3.05) is 0 Å². The van der Waals surface area contributed by atoms with Gasteiger partial charge in [-0.3, -0.25) is 0 Å². The van der Waals surface area contributed by atoms with Crippen molar-refractivity contribution >= 4 is 5.97 Å². The van der Waals surface area contributed by atoms with E-state index in [0.717, 1.165) is 22.3 Å². The van der Waals surface area contributed by atoms with Crippen molar-refractivity contribution in [2.24, 2.45) is 0 Å². The Balaban J connectivity index is 2.54. The predicted octanol–water partition coefficient (Wildman–Crippen LogP) is 4.36. The maximum Gasteiger partial charge on any atom is 0.335 e. The number of phenols is 1. The van der Waals surface area contributed by atoms with Gasteiger partial charge < -0.3 is 10.2 Å². The molecule has 0 aliphatic rings. The zero-order valence-corrected chi connectivity index (χ0v) is 12.8. The van der Waals surface area contributed by atoms with Gasteiger partial charge in [-0.1, -0.05) is 32.9 Å². The van der Waals surface area contributed by atoms with Crippen molar-refractivity contribution < 1.29 is 15.0 Å². The number of carboxylic acids is 1. The van der Waals surface area contributed by atoms with Crippen molar-refractivity contribution in [3.05, 3.63) is 53.1 Å². The molecule has 0 amide bonds. The third-order valence-electron chi connectivity index (χ3n) is 3.57. The number of aromatic hydroxyl groups is 1. The monoisotopic (exact) mass is 284 g/mol. The average Bonchev–Trinajstić information content (AvgIpc) is 2.40. The number of hydrogen-bond donors (Lipinski definition) is 2. The lowest BCUT2D eigenvalue weighted by Gasteiger charge is -2.22. The van der Waals surface area contributed by atoms with Crippen LogP contribution in [0.5, 0.6) is 5.75 Å². The van der Waals surface area contributed by atoms with Crippen LogP contribution in [0, 0.1) is 6.92 Å². The fourth-order valence-corrected chi connectivity index (χ4v) is 2.32. The summed E-state index contributed by atoms with van der Waals surface area (Å²) >= 11 is 0. The lowest BCUT2D eigenvalue weighted by atomic mass is 9.83. The molecular formula is C18H20O3. The summed E-state index contributed by atoms with van der Waals surface area (Å²) in [6, 6.07) is 10.7. The number of rotatable bonds is 2. The smallest absolute Gasteiger partial charge is 0.335 e. The van der Waals surface area contributed by atoms with E-state index in [2.05, 4.69) is 20.8 Å². The van der Waals surface area contributed by atoms with Crippen molar-refractivity contribution in [1.82, 2.24) is 0 Å². The third-order valence-corrected chi connectivity index (χ3v) is 3.57. The summed E-state index contributed by atoms with van der Waals surface area (Å²) in [5.41, 5.74) is 3.73. The number of aromatic carboxylic acids is 1. The molecule has 0 aromatic heterocycles. The summed E-state index contributed by atoms with van der Waals surface area (Å²) < 4.78 is 0. The Morgan fingerprint density at radius 1 is 1.00 bits per heavy atom. The molecule has 0 aliphatic heterocycles.